The van der Waals surface area contributed by atoms with Crippen molar-refractivity contribution in [2.75, 3.05) is 52.7 Å². The fourth-order valence-corrected chi connectivity index (χ4v) is 6.58. The van der Waals surface area contributed by atoms with Crippen LogP contribution in [0.25, 0.3) is 16.0 Å². The van der Waals surface area contributed by atoms with Crippen LogP contribution in [0.4, 0.5) is 10.5 Å². The molecule has 1 aromatic heterocycles. The summed E-state index contributed by atoms with van der Waals surface area (Å²) in [5.74, 6) is 0.344. The molecule has 2 aliphatic rings. The molecule has 40 heavy (non-hydrogen) atoms. The molecule has 0 bridgehead atoms. The smallest absolute Gasteiger partial charge is 0.412 e. The number of amides is 1. The molecule has 1 N–H and O–H groups in total. The highest BCUT2D eigenvalue weighted by molar-refractivity contribution is 7.17. The molecule has 1 aromatic carbocycles. The van der Waals surface area contributed by atoms with Gasteiger partial charge < -0.3 is 19.3 Å². The zero-order chi connectivity index (χ0) is 28.9. The maximum absolute atomic E-state index is 13.4. The van der Waals surface area contributed by atoms with Crippen LogP contribution in [0, 0.1) is 5.92 Å². The van der Waals surface area contributed by atoms with Crippen molar-refractivity contribution in [1.29, 1.82) is 0 Å². The third-order valence-electron chi connectivity index (χ3n) is 7.50. The van der Waals surface area contributed by atoms with E-state index >= 15 is 0 Å². The van der Waals surface area contributed by atoms with Crippen molar-refractivity contribution in [2.24, 2.45) is 5.92 Å². The lowest BCUT2D eigenvalue weighted by atomic mass is 9.78. The predicted octanol–water partition coefficient (Wildman–Crippen LogP) is 7.15. The van der Waals surface area contributed by atoms with E-state index in [4.69, 9.17) is 9.47 Å². The van der Waals surface area contributed by atoms with Crippen molar-refractivity contribution in [1.82, 2.24) is 9.80 Å². The van der Waals surface area contributed by atoms with Crippen LogP contribution in [0.15, 0.2) is 35.9 Å². The van der Waals surface area contributed by atoms with Gasteiger partial charge in [-0.25, -0.2) is 9.59 Å². The Morgan fingerprint density at radius 1 is 1.10 bits per heavy atom. The first kappa shape index (κ1) is 30.3. The lowest BCUT2D eigenvalue weighted by Crippen LogP contribution is -2.31. The minimum Gasteiger partial charge on any atom is -0.460 e. The molecule has 2 aromatic rings. The Balaban J connectivity index is 1.66. The zero-order valence-corrected chi connectivity index (χ0v) is 25.8. The minimum absolute atomic E-state index is 0.245. The Kier molecular flexibility index (Phi) is 10.1. The normalized spacial score (nSPS) is 17.3. The van der Waals surface area contributed by atoms with Crippen LogP contribution in [0.3, 0.4) is 0 Å². The Labute approximate surface area is 243 Å². The molecule has 1 aliphatic heterocycles. The Bertz CT molecular complexity index is 1200. The second-order valence-corrected chi connectivity index (χ2v) is 13.4. The number of nitrogens with zero attached hydrogens (tertiary/aromatic N) is 2. The van der Waals surface area contributed by atoms with Gasteiger partial charge in [0.05, 0.1) is 0 Å². The quantitative estimate of drug-likeness (QED) is 0.342. The van der Waals surface area contributed by atoms with Gasteiger partial charge >= 0.3 is 12.1 Å². The van der Waals surface area contributed by atoms with E-state index in [1.54, 1.807) is 0 Å². The van der Waals surface area contributed by atoms with E-state index in [1.807, 2.05) is 64.0 Å². The molecule has 2 heterocycles. The molecule has 1 fully saturated rings. The summed E-state index contributed by atoms with van der Waals surface area (Å²) in [6.45, 7) is 8.52. The molecule has 1 amide bonds. The van der Waals surface area contributed by atoms with E-state index in [0.29, 0.717) is 29.6 Å². The Hall–Kier alpha value is -2.68. The van der Waals surface area contributed by atoms with Gasteiger partial charge in [-0.3, -0.25) is 5.32 Å². The number of thiophene rings is 1. The fraction of sp³-hybridized carbons (Fsp3) is 0.562. The number of esters is 1. The Morgan fingerprint density at radius 2 is 1.80 bits per heavy atom. The van der Waals surface area contributed by atoms with E-state index in [0.717, 1.165) is 35.5 Å². The minimum atomic E-state index is -0.561. The summed E-state index contributed by atoms with van der Waals surface area (Å²) < 4.78 is 11.1. The summed E-state index contributed by atoms with van der Waals surface area (Å²) >= 11 is 1.50. The first-order valence-electron chi connectivity index (χ1n) is 14.5. The third-order valence-corrected chi connectivity index (χ3v) is 8.66. The predicted molar refractivity (Wildman–Crippen MR) is 164 cm³/mol. The molecule has 1 saturated carbocycles. The number of nitrogens with one attached hydrogen (secondary N) is 1. The molecule has 0 atom stereocenters. The number of hydrogen-bond acceptors (Lipinski definition) is 7. The average molecular weight is 568 g/mol. The SMILES string of the molecule is CN(C)CCOC(=O)c1sc(-c2ccc(NC(=O)OC(C)(C)C)cc2)cc1C1=C(C2CCCCC2)CN(C)CC1. The third kappa shape index (κ3) is 8.18. The van der Waals surface area contributed by atoms with Gasteiger partial charge in [0, 0.05) is 35.8 Å². The number of anilines is 1. The van der Waals surface area contributed by atoms with Crippen molar-refractivity contribution < 1.29 is 19.1 Å². The molecule has 4 rings (SSSR count). The fourth-order valence-electron chi connectivity index (χ4n) is 5.50. The van der Waals surface area contributed by atoms with Crippen molar-refractivity contribution >= 4 is 34.7 Å². The van der Waals surface area contributed by atoms with Gasteiger partial charge in [-0.05, 0) is 102 Å². The standard InChI is InChI=1S/C32H45N3O4S/c1-32(2,3)39-31(37)33-24-14-12-23(13-15-24)28-20-26(29(40-28)30(36)38-19-18-34(4)5)25-16-17-35(6)21-27(25)22-10-8-7-9-11-22/h12-15,20,22H,7-11,16-19,21H2,1-6H3,(H,33,37). The number of rotatable bonds is 8. The molecule has 218 valence electrons. The van der Waals surface area contributed by atoms with E-state index < -0.39 is 11.7 Å². The number of carbonyl (C=O) groups excluding carboxylic acids is 2. The van der Waals surface area contributed by atoms with E-state index in [2.05, 4.69) is 23.3 Å². The molecule has 0 radical (unpaired) electrons. The van der Waals surface area contributed by atoms with Crippen LogP contribution in [0.1, 0.15) is 74.5 Å². The monoisotopic (exact) mass is 567 g/mol. The maximum Gasteiger partial charge on any atom is 0.412 e. The van der Waals surface area contributed by atoms with Crippen LogP contribution in [-0.4, -0.2) is 74.8 Å². The second kappa shape index (κ2) is 13.3. The molecule has 0 saturated heterocycles. The van der Waals surface area contributed by atoms with Gasteiger partial charge in [0.2, 0.25) is 0 Å². The van der Waals surface area contributed by atoms with Crippen molar-refractivity contribution in [3.05, 3.63) is 46.3 Å². The first-order valence-corrected chi connectivity index (χ1v) is 15.3. The lowest BCUT2D eigenvalue weighted by Gasteiger charge is -2.34. The van der Waals surface area contributed by atoms with Gasteiger partial charge in [-0.1, -0.05) is 31.4 Å². The largest absolute Gasteiger partial charge is 0.460 e. The summed E-state index contributed by atoms with van der Waals surface area (Å²) in [5, 5.41) is 2.79. The summed E-state index contributed by atoms with van der Waals surface area (Å²) in [7, 11) is 6.15. The van der Waals surface area contributed by atoms with Crippen LogP contribution < -0.4 is 5.32 Å². The number of carbonyl (C=O) groups is 2. The van der Waals surface area contributed by atoms with Gasteiger partial charge in [-0.2, -0.15) is 0 Å². The Morgan fingerprint density at radius 3 is 2.45 bits per heavy atom. The second-order valence-electron chi connectivity index (χ2n) is 12.3. The van der Waals surface area contributed by atoms with E-state index in [1.165, 1.54) is 54.6 Å². The van der Waals surface area contributed by atoms with Crippen LogP contribution in [0.5, 0.6) is 0 Å². The number of ether oxygens (including phenoxy) is 2. The number of hydrogen-bond donors (Lipinski definition) is 1. The maximum atomic E-state index is 13.4. The highest BCUT2D eigenvalue weighted by atomic mass is 32.1. The van der Waals surface area contributed by atoms with Gasteiger partial charge in [0.1, 0.15) is 17.1 Å². The zero-order valence-electron chi connectivity index (χ0n) is 25.0. The van der Waals surface area contributed by atoms with E-state index in [9.17, 15) is 9.59 Å². The van der Waals surface area contributed by atoms with Gasteiger partial charge in [0.25, 0.3) is 0 Å². The topological polar surface area (TPSA) is 71.1 Å². The molecule has 0 spiro atoms. The van der Waals surface area contributed by atoms with Gasteiger partial charge in [0.15, 0.2) is 0 Å². The summed E-state index contributed by atoms with van der Waals surface area (Å²) in [6.07, 6.45) is 6.81. The highest BCUT2D eigenvalue weighted by Gasteiger charge is 2.30. The van der Waals surface area contributed by atoms with Crippen molar-refractivity contribution in [3.8, 4) is 10.4 Å². The molecular formula is C32H45N3O4S. The summed E-state index contributed by atoms with van der Waals surface area (Å²) in [4.78, 5) is 31.8. The molecule has 1 aliphatic carbocycles. The first-order chi connectivity index (χ1) is 19.0. The lowest BCUT2D eigenvalue weighted by molar-refractivity contribution is 0.0486. The summed E-state index contributed by atoms with van der Waals surface area (Å²) in [5.41, 5.74) is 5.00. The van der Waals surface area contributed by atoms with Crippen LogP contribution in [0.2, 0.25) is 0 Å². The average Bonchev–Trinajstić information content (AvgIpc) is 3.33. The van der Waals surface area contributed by atoms with Gasteiger partial charge in [-0.15, -0.1) is 11.3 Å². The molecule has 7 nitrogen and oxygen atoms in total. The van der Waals surface area contributed by atoms with E-state index in [-0.39, 0.29) is 5.97 Å². The molecular weight excluding hydrogens is 522 g/mol. The highest BCUT2D eigenvalue weighted by Crippen LogP contribution is 2.43. The number of likely N-dealkylation sites (N-methyl/N-ethyl adjacent to an activating group) is 2. The van der Waals surface area contributed by atoms with Crippen LogP contribution in [-0.2, 0) is 9.47 Å². The molecule has 0 unspecified atom stereocenters. The number of benzene rings is 1. The molecule has 8 heteroatoms. The summed E-state index contributed by atoms with van der Waals surface area (Å²) in [6, 6.07) is 9.89. The van der Waals surface area contributed by atoms with Crippen molar-refractivity contribution in [2.45, 2.75) is 64.9 Å². The van der Waals surface area contributed by atoms with Crippen molar-refractivity contribution in [3.63, 3.8) is 0 Å². The van der Waals surface area contributed by atoms with Crippen LogP contribution >= 0.6 is 11.3 Å².